The van der Waals surface area contributed by atoms with Crippen LogP contribution in [0.25, 0.3) is 0 Å². The number of benzene rings is 1. The molecular weight excluding hydrogens is 302 g/mol. The van der Waals surface area contributed by atoms with Crippen molar-refractivity contribution in [3.8, 4) is 5.75 Å². The summed E-state index contributed by atoms with van der Waals surface area (Å²) in [5.41, 5.74) is 0. The van der Waals surface area contributed by atoms with Crippen molar-refractivity contribution >= 4 is 23.2 Å². The number of hydrogen-bond donors (Lipinski definition) is 2. The zero-order valence-electron chi connectivity index (χ0n) is 12.1. The van der Waals surface area contributed by atoms with Gasteiger partial charge in [0.2, 0.25) is 0 Å². The molecule has 0 spiro atoms. The number of carboxylic acid groups (broad SMARTS) is 1. The Morgan fingerprint density at radius 1 is 1.23 bits per heavy atom. The third kappa shape index (κ3) is 4.60. The van der Waals surface area contributed by atoms with E-state index >= 15 is 0 Å². The van der Waals surface area contributed by atoms with Gasteiger partial charge in [0.05, 0.1) is 12.5 Å². The van der Waals surface area contributed by atoms with Gasteiger partial charge in [0.1, 0.15) is 5.75 Å². The highest BCUT2D eigenvalue weighted by molar-refractivity contribution is 7.10. The van der Waals surface area contributed by atoms with Crippen LogP contribution in [0.5, 0.6) is 5.75 Å². The van der Waals surface area contributed by atoms with E-state index in [0.29, 0.717) is 5.75 Å². The summed E-state index contributed by atoms with van der Waals surface area (Å²) in [4.78, 5) is 24.0. The number of carboxylic acids is 1. The lowest BCUT2D eigenvalue weighted by molar-refractivity contribution is -0.138. The molecule has 0 bridgehead atoms. The van der Waals surface area contributed by atoms with Crippen molar-refractivity contribution in [2.45, 2.75) is 25.5 Å². The second-order valence-corrected chi connectivity index (χ2v) is 5.73. The average Bonchev–Trinajstić information content (AvgIpc) is 3.01. The smallest absolute Gasteiger partial charge is 0.305 e. The molecule has 0 fully saturated rings. The van der Waals surface area contributed by atoms with Gasteiger partial charge in [-0.1, -0.05) is 24.3 Å². The molecule has 0 radical (unpaired) electrons. The molecule has 6 heteroatoms. The summed E-state index contributed by atoms with van der Waals surface area (Å²) < 4.78 is 5.54. The lowest BCUT2D eigenvalue weighted by atomic mass is 10.1. The summed E-state index contributed by atoms with van der Waals surface area (Å²) in [7, 11) is 0. The molecule has 1 amide bonds. The maximum absolute atomic E-state index is 12.2. The number of thiophene rings is 1. The second kappa shape index (κ2) is 7.61. The van der Waals surface area contributed by atoms with Crippen molar-refractivity contribution in [1.29, 1.82) is 0 Å². The van der Waals surface area contributed by atoms with Crippen LogP contribution in [0.15, 0.2) is 47.8 Å². The molecule has 2 rings (SSSR count). The molecule has 0 saturated heterocycles. The third-order valence-electron chi connectivity index (χ3n) is 3.01. The lowest BCUT2D eigenvalue weighted by Gasteiger charge is -2.19. The van der Waals surface area contributed by atoms with Crippen LogP contribution in [0.2, 0.25) is 0 Å². The lowest BCUT2D eigenvalue weighted by Crippen LogP contribution is -2.39. The third-order valence-corrected chi connectivity index (χ3v) is 3.99. The van der Waals surface area contributed by atoms with Crippen LogP contribution in [0.3, 0.4) is 0 Å². The number of carbonyl (C=O) groups excluding carboxylic acids is 1. The predicted octanol–water partition coefficient (Wildman–Crippen LogP) is 2.85. The van der Waals surface area contributed by atoms with E-state index in [4.69, 9.17) is 9.84 Å². The van der Waals surface area contributed by atoms with E-state index in [1.54, 1.807) is 25.1 Å². The Morgan fingerprint density at radius 2 is 1.95 bits per heavy atom. The van der Waals surface area contributed by atoms with Crippen LogP contribution in [0.4, 0.5) is 0 Å². The molecular formula is C16H17NO4S. The van der Waals surface area contributed by atoms with Gasteiger partial charge >= 0.3 is 5.97 Å². The average molecular weight is 319 g/mol. The van der Waals surface area contributed by atoms with E-state index < -0.39 is 18.1 Å². The molecule has 5 nitrogen and oxygen atoms in total. The Morgan fingerprint density at radius 3 is 2.55 bits per heavy atom. The summed E-state index contributed by atoms with van der Waals surface area (Å²) in [5, 5.41) is 13.6. The topological polar surface area (TPSA) is 75.6 Å². The fourth-order valence-electron chi connectivity index (χ4n) is 1.93. The monoisotopic (exact) mass is 319 g/mol. The molecule has 0 saturated carbocycles. The van der Waals surface area contributed by atoms with Crippen molar-refractivity contribution in [3.63, 3.8) is 0 Å². The number of hydrogen-bond acceptors (Lipinski definition) is 4. The van der Waals surface area contributed by atoms with Crippen molar-refractivity contribution < 1.29 is 19.4 Å². The number of amides is 1. The van der Waals surface area contributed by atoms with Gasteiger partial charge in [-0.05, 0) is 30.5 Å². The Labute approximate surface area is 132 Å². The molecule has 2 unspecified atom stereocenters. The van der Waals surface area contributed by atoms with Crippen molar-refractivity contribution in [3.05, 3.63) is 52.7 Å². The first-order chi connectivity index (χ1) is 10.6. The zero-order chi connectivity index (χ0) is 15.9. The molecule has 1 aromatic heterocycles. The maximum atomic E-state index is 12.2. The van der Waals surface area contributed by atoms with Gasteiger partial charge in [-0.25, -0.2) is 0 Å². The number of aliphatic carboxylic acids is 1. The first-order valence-electron chi connectivity index (χ1n) is 6.83. The summed E-state index contributed by atoms with van der Waals surface area (Å²) in [5.74, 6) is -0.713. The second-order valence-electron chi connectivity index (χ2n) is 4.75. The van der Waals surface area contributed by atoms with Gasteiger partial charge in [-0.2, -0.15) is 0 Å². The Bertz CT molecular complexity index is 612. The Hall–Kier alpha value is -2.34. The highest BCUT2D eigenvalue weighted by Crippen LogP contribution is 2.22. The molecule has 2 N–H and O–H groups in total. The summed E-state index contributed by atoms with van der Waals surface area (Å²) in [6.45, 7) is 1.63. The minimum atomic E-state index is -0.963. The molecule has 0 aliphatic rings. The molecule has 22 heavy (non-hydrogen) atoms. The molecule has 0 aliphatic carbocycles. The van der Waals surface area contributed by atoms with Gasteiger partial charge in [0.15, 0.2) is 6.10 Å². The highest BCUT2D eigenvalue weighted by atomic mass is 32.1. The van der Waals surface area contributed by atoms with Gasteiger partial charge in [-0.3, -0.25) is 9.59 Å². The summed E-state index contributed by atoms with van der Waals surface area (Å²) in [6.07, 6.45) is -0.872. The van der Waals surface area contributed by atoms with Crippen LogP contribution >= 0.6 is 11.3 Å². The van der Waals surface area contributed by atoms with Crippen molar-refractivity contribution in [2.75, 3.05) is 0 Å². The van der Waals surface area contributed by atoms with Gasteiger partial charge < -0.3 is 15.2 Å². The number of rotatable bonds is 7. The standard InChI is InChI=1S/C16H17NO4S/c1-11(21-12-6-3-2-4-7-12)16(20)17-13(10-15(18)19)14-8-5-9-22-14/h2-9,11,13H,10H2,1H3,(H,17,20)(H,18,19). The number of carbonyl (C=O) groups is 2. The van der Waals surface area contributed by atoms with E-state index in [-0.39, 0.29) is 12.3 Å². The highest BCUT2D eigenvalue weighted by Gasteiger charge is 2.23. The number of ether oxygens (including phenoxy) is 1. The molecule has 0 aliphatic heterocycles. The predicted molar refractivity (Wildman–Crippen MR) is 84.0 cm³/mol. The number of nitrogens with one attached hydrogen (secondary N) is 1. The van der Waals surface area contributed by atoms with E-state index in [9.17, 15) is 9.59 Å². The molecule has 1 aromatic carbocycles. The van der Waals surface area contributed by atoms with Gasteiger partial charge in [-0.15, -0.1) is 11.3 Å². The van der Waals surface area contributed by atoms with Crippen LogP contribution in [0.1, 0.15) is 24.3 Å². The fourth-order valence-corrected chi connectivity index (χ4v) is 2.71. The van der Waals surface area contributed by atoms with Crippen LogP contribution in [-0.2, 0) is 9.59 Å². The van der Waals surface area contributed by atoms with Crippen molar-refractivity contribution in [1.82, 2.24) is 5.32 Å². The van der Waals surface area contributed by atoms with E-state index in [0.717, 1.165) is 4.88 Å². The summed E-state index contributed by atoms with van der Waals surface area (Å²) >= 11 is 1.41. The zero-order valence-corrected chi connectivity index (χ0v) is 12.9. The molecule has 1 heterocycles. The largest absolute Gasteiger partial charge is 0.481 e. The SMILES string of the molecule is CC(Oc1ccccc1)C(=O)NC(CC(=O)O)c1cccs1. The molecule has 2 atom stereocenters. The summed E-state index contributed by atoms with van der Waals surface area (Å²) in [6, 6.07) is 12.1. The molecule has 2 aromatic rings. The van der Waals surface area contributed by atoms with Gasteiger partial charge in [0.25, 0.3) is 5.91 Å². The Kier molecular flexibility index (Phi) is 5.55. The molecule has 116 valence electrons. The van der Waals surface area contributed by atoms with Crippen LogP contribution in [-0.4, -0.2) is 23.1 Å². The van der Waals surface area contributed by atoms with Gasteiger partial charge in [0, 0.05) is 4.88 Å². The maximum Gasteiger partial charge on any atom is 0.305 e. The van der Waals surface area contributed by atoms with Crippen LogP contribution < -0.4 is 10.1 Å². The van der Waals surface area contributed by atoms with Crippen molar-refractivity contribution in [2.24, 2.45) is 0 Å². The van der Waals surface area contributed by atoms with Crippen LogP contribution in [0, 0.1) is 0 Å². The minimum absolute atomic E-state index is 0.162. The first-order valence-corrected chi connectivity index (χ1v) is 7.71. The fraction of sp³-hybridized carbons (Fsp3) is 0.250. The van der Waals surface area contributed by atoms with E-state index in [1.807, 2.05) is 29.6 Å². The van der Waals surface area contributed by atoms with E-state index in [2.05, 4.69) is 5.32 Å². The number of para-hydroxylation sites is 1. The minimum Gasteiger partial charge on any atom is -0.481 e. The van der Waals surface area contributed by atoms with E-state index in [1.165, 1.54) is 11.3 Å². The first kappa shape index (κ1) is 16.0. The normalized spacial score (nSPS) is 13.1. The quantitative estimate of drug-likeness (QED) is 0.823. The Balaban J connectivity index is 1.99.